The Morgan fingerprint density at radius 1 is 0.923 bits per heavy atom. The Hall–Kier alpha value is -3.00. The Morgan fingerprint density at radius 2 is 1.49 bits per heavy atom. The third-order valence-electron chi connectivity index (χ3n) is 6.27. The fourth-order valence-corrected chi connectivity index (χ4v) is 5.83. The van der Waals surface area contributed by atoms with Crippen LogP contribution in [0.2, 0.25) is 0 Å². The number of hydrogen-bond donors (Lipinski definition) is 3. The Bertz CT molecular complexity index is 1390. The molecule has 2 aromatic rings. The Kier molecular flexibility index (Phi) is 9.60. The first-order valence-electron chi connectivity index (χ1n) is 11.9. The third kappa shape index (κ3) is 8.49. The first kappa shape index (κ1) is 32.2. The first-order valence-corrected chi connectivity index (χ1v) is 15.0. The zero-order valence-electron chi connectivity index (χ0n) is 22.6. The molecule has 0 aromatic heterocycles. The molecule has 39 heavy (non-hydrogen) atoms. The number of benzene rings is 2. The van der Waals surface area contributed by atoms with E-state index in [1.165, 1.54) is 31.4 Å². The van der Waals surface area contributed by atoms with Gasteiger partial charge in [0.15, 0.2) is 0 Å². The number of anilines is 2. The lowest BCUT2D eigenvalue weighted by Gasteiger charge is -2.35. The van der Waals surface area contributed by atoms with E-state index in [1.807, 2.05) is 11.5 Å². The van der Waals surface area contributed by atoms with Gasteiger partial charge in [0.1, 0.15) is 16.4 Å². The number of rotatable bonds is 12. The second-order valence-corrected chi connectivity index (χ2v) is 14.1. The van der Waals surface area contributed by atoms with Crippen molar-refractivity contribution in [1.29, 1.82) is 0 Å². The molecule has 2 rings (SSSR count). The summed E-state index contributed by atoms with van der Waals surface area (Å²) in [5.41, 5.74) is -0.553. The molecule has 0 aliphatic heterocycles. The number of sulfonamides is 1. The van der Waals surface area contributed by atoms with Gasteiger partial charge >= 0.3 is 5.51 Å². The standard InChI is InChI=1S/C25H34F3N3O6S2/c1-7-23(2,3)16-24(4,5)17-8-13-20(37-6)21(14-17)39(35,36)31-19-11-9-18(10-12-19)29-30-22(32)15-38(33,34)25(26,27)28/h8-14,29,31H,7,15-16H2,1-6H3,(H,30,32). The summed E-state index contributed by atoms with van der Waals surface area (Å²) in [5, 5.41) is 0. The number of sulfone groups is 1. The number of carbonyl (C=O) groups is 1. The van der Waals surface area contributed by atoms with Gasteiger partial charge in [-0.2, -0.15) is 13.2 Å². The second kappa shape index (κ2) is 11.6. The number of hydrogen-bond acceptors (Lipinski definition) is 7. The molecule has 0 bridgehead atoms. The molecular formula is C25H34F3N3O6S2. The lowest BCUT2D eigenvalue weighted by atomic mass is 9.70. The summed E-state index contributed by atoms with van der Waals surface area (Å²) in [4.78, 5) is 11.5. The maximum atomic E-state index is 13.3. The van der Waals surface area contributed by atoms with Gasteiger partial charge in [0.2, 0.25) is 0 Å². The van der Waals surface area contributed by atoms with Gasteiger partial charge in [-0.15, -0.1) is 0 Å². The van der Waals surface area contributed by atoms with E-state index in [1.54, 1.807) is 12.1 Å². The normalized spacial score (nSPS) is 13.1. The largest absolute Gasteiger partial charge is 0.497 e. The smallest absolute Gasteiger partial charge is 0.495 e. The minimum Gasteiger partial charge on any atom is -0.495 e. The lowest BCUT2D eigenvalue weighted by Crippen LogP contribution is -2.38. The molecule has 0 saturated heterocycles. The van der Waals surface area contributed by atoms with E-state index < -0.39 is 37.0 Å². The summed E-state index contributed by atoms with van der Waals surface area (Å²) < 4.78 is 93.8. The van der Waals surface area contributed by atoms with Gasteiger partial charge < -0.3 is 4.74 Å². The fraction of sp³-hybridized carbons (Fsp3) is 0.480. The molecule has 0 unspecified atom stereocenters. The number of halogens is 3. The van der Waals surface area contributed by atoms with E-state index in [9.17, 15) is 34.8 Å². The highest BCUT2D eigenvalue weighted by Crippen LogP contribution is 2.40. The van der Waals surface area contributed by atoms with Gasteiger partial charge in [0, 0.05) is 5.69 Å². The van der Waals surface area contributed by atoms with Gasteiger partial charge in [-0.25, -0.2) is 16.8 Å². The molecular weight excluding hydrogens is 559 g/mol. The maximum absolute atomic E-state index is 13.3. The van der Waals surface area contributed by atoms with E-state index in [2.05, 4.69) is 44.8 Å². The van der Waals surface area contributed by atoms with E-state index >= 15 is 0 Å². The van der Waals surface area contributed by atoms with Crippen LogP contribution in [0.5, 0.6) is 5.75 Å². The van der Waals surface area contributed by atoms with Gasteiger partial charge in [-0.1, -0.05) is 47.1 Å². The number of alkyl halides is 3. The number of ether oxygens (including phenoxy) is 1. The van der Waals surface area contributed by atoms with Crippen LogP contribution in [0, 0.1) is 5.41 Å². The molecule has 2 aromatic carbocycles. The molecule has 9 nitrogen and oxygen atoms in total. The molecule has 0 fully saturated rings. The molecule has 0 aliphatic rings. The molecule has 218 valence electrons. The average Bonchev–Trinajstić information content (AvgIpc) is 2.81. The van der Waals surface area contributed by atoms with Gasteiger partial charge in [0.25, 0.3) is 25.8 Å². The van der Waals surface area contributed by atoms with Gasteiger partial charge in [-0.3, -0.25) is 20.4 Å². The molecule has 0 aliphatic carbocycles. The lowest BCUT2D eigenvalue weighted by molar-refractivity contribution is -0.118. The summed E-state index contributed by atoms with van der Waals surface area (Å²) in [6.45, 7) is 10.5. The van der Waals surface area contributed by atoms with Crippen molar-refractivity contribution < 1.29 is 39.5 Å². The molecule has 0 saturated carbocycles. The van der Waals surface area contributed by atoms with Crippen LogP contribution in [-0.4, -0.2) is 41.1 Å². The van der Waals surface area contributed by atoms with Crippen LogP contribution in [0.15, 0.2) is 47.4 Å². The van der Waals surface area contributed by atoms with E-state index in [0.29, 0.717) is 0 Å². The highest BCUT2D eigenvalue weighted by Gasteiger charge is 2.46. The minimum absolute atomic E-state index is 0.0442. The number of nitrogens with one attached hydrogen (secondary N) is 3. The van der Waals surface area contributed by atoms with Crippen molar-refractivity contribution in [3.8, 4) is 5.75 Å². The fourth-order valence-electron chi connectivity index (χ4n) is 4.00. The summed E-state index contributed by atoms with van der Waals surface area (Å²) in [6, 6.07) is 10.4. The van der Waals surface area contributed by atoms with Crippen molar-refractivity contribution in [2.45, 2.75) is 63.3 Å². The van der Waals surface area contributed by atoms with Crippen molar-refractivity contribution >= 4 is 37.1 Å². The summed E-state index contributed by atoms with van der Waals surface area (Å²) in [6.07, 6.45) is 1.78. The van der Waals surface area contributed by atoms with Crippen molar-refractivity contribution in [3.05, 3.63) is 48.0 Å². The Balaban J connectivity index is 2.19. The van der Waals surface area contributed by atoms with Crippen LogP contribution in [0.3, 0.4) is 0 Å². The Labute approximate surface area is 227 Å². The molecule has 0 heterocycles. The zero-order chi connectivity index (χ0) is 29.9. The molecule has 0 atom stereocenters. The molecule has 3 N–H and O–H groups in total. The number of methoxy groups -OCH3 is 1. The first-order chi connectivity index (χ1) is 17.7. The summed E-state index contributed by atoms with van der Waals surface area (Å²) in [5.74, 6) is -3.05. The highest BCUT2D eigenvalue weighted by molar-refractivity contribution is 7.93. The van der Waals surface area contributed by atoms with Crippen LogP contribution < -0.4 is 20.3 Å². The molecule has 0 spiro atoms. The number of hydrazine groups is 1. The average molecular weight is 594 g/mol. The van der Waals surface area contributed by atoms with Crippen LogP contribution in [0.4, 0.5) is 24.5 Å². The maximum Gasteiger partial charge on any atom is 0.497 e. The molecule has 0 radical (unpaired) electrons. The van der Waals surface area contributed by atoms with Crippen LogP contribution in [0.1, 0.15) is 53.0 Å². The SMILES string of the molecule is CCC(C)(C)CC(C)(C)c1ccc(OC)c(S(=O)(=O)Nc2ccc(NNC(=O)CS(=O)(=O)C(F)(F)F)cc2)c1. The number of amides is 1. The number of carbonyl (C=O) groups excluding carboxylic acids is 1. The summed E-state index contributed by atoms with van der Waals surface area (Å²) >= 11 is 0. The predicted octanol–water partition coefficient (Wildman–Crippen LogP) is 4.98. The van der Waals surface area contributed by atoms with E-state index in [-0.39, 0.29) is 32.8 Å². The van der Waals surface area contributed by atoms with E-state index in [4.69, 9.17) is 4.74 Å². The van der Waals surface area contributed by atoms with Crippen molar-refractivity contribution in [2.75, 3.05) is 23.0 Å². The topological polar surface area (TPSA) is 131 Å². The monoisotopic (exact) mass is 593 g/mol. The highest BCUT2D eigenvalue weighted by atomic mass is 32.2. The third-order valence-corrected chi connectivity index (χ3v) is 9.02. The van der Waals surface area contributed by atoms with Crippen LogP contribution >= 0.6 is 0 Å². The quantitative estimate of drug-likeness (QED) is 0.296. The van der Waals surface area contributed by atoms with Crippen LogP contribution in [0.25, 0.3) is 0 Å². The molecule has 1 amide bonds. The van der Waals surface area contributed by atoms with Gasteiger partial charge in [-0.05, 0) is 59.2 Å². The predicted molar refractivity (Wildman–Crippen MR) is 144 cm³/mol. The van der Waals surface area contributed by atoms with Gasteiger partial charge in [0.05, 0.1) is 12.8 Å². The minimum atomic E-state index is -5.62. The van der Waals surface area contributed by atoms with Crippen LogP contribution in [-0.2, 0) is 30.1 Å². The van der Waals surface area contributed by atoms with Crippen molar-refractivity contribution in [3.63, 3.8) is 0 Å². The Morgan fingerprint density at radius 3 is 2.00 bits per heavy atom. The second-order valence-electron chi connectivity index (χ2n) is 10.5. The summed E-state index contributed by atoms with van der Waals surface area (Å²) in [7, 11) is -8.35. The van der Waals surface area contributed by atoms with Crippen molar-refractivity contribution in [1.82, 2.24) is 5.43 Å². The molecule has 14 heteroatoms. The zero-order valence-corrected chi connectivity index (χ0v) is 24.2. The van der Waals surface area contributed by atoms with E-state index in [0.717, 1.165) is 18.4 Å². The van der Waals surface area contributed by atoms with Crippen molar-refractivity contribution in [2.24, 2.45) is 5.41 Å².